The Morgan fingerprint density at radius 2 is 1.84 bits per heavy atom. The summed E-state index contributed by atoms with van der Waals surface area (Å²) in [6, 6.07) is 10.6. The van der Waals surface area contributed by atoms with E-state index < -0.39 is 0 Å². The van der Waals surface area contributed by atoms with Gasteiger partial charge in [0.1, 0.15) is 5.75 Å². The number of methoxy groups -OCH3 is 1. The minimum absolute atomic E-state index is 0.220. The van der Waals surface area contributed by atoms with Crippen LogP contribution in [0.1, 0.15) is 31.2 Å². The quantitative estimate of drug-likeness (QED) is 0.893. The molecule has 0 unspecified atom stereocenters. The van der Waals surface area contributed by atoms with Crippen molar-refractivity contribution in [1.82, 2.24) is 0 Å². The maximum Gasteiger partial charge on any atom is 0.124 e. The Bertz CT molecular complexity index is 617. The minimum atomic E-state index is -0.220. The van der Waals surface area contributed by atoms with E-state index >= 15 is 0 Å². The molecule has 0 radical (unpaired) electrons. The standard InChI is InChI=1S/C16H18BrNO/c1-19-15-10-11-4-5-13(17)8-12(11)9-14(15)16(18)6-2-3-7-16/h4-5,8-10H,2-3,6-7,18H2,1H3. The largest absolute Gasteiger partial charge is 0.496 e. The predicted molar refractivity (Wildman–Crippen MR) is 82.5 cm³/mol. The first-order valence-corrected chi connectivity index (χ1v) is 7.48. The van der Waals surface area contributed by atoms with E-state index in [1.165, 1.54) is 23.6 Å². The fourth-order valence-electron chi connectivity index (χ4n) is 3.08. The molecule has 1 fully saturated rings. The van der Waals surface area contributed by atoms with Crippen LogP contribution in [0, 0.1) is 0 Å². The second kappa shape index (κ2) is 4.80. The molecule has 0 amide bonds. The van der Waals surface area contributed by atoms with Gasteiger partial charge in [-0.3, -0.25) is 0 Å². The number of hydrogen-bond acceptors (Lipinski definition) is 2. The van der Waals surface area contributed by atoms with Crippen LogP contribution in [0.15, 0.2) is 34.8 Å². The Labute approximate surface area is 122 Å². The first-order valence-electron chi connectivity index (χ1n) is 6.69. The average molecular weight is 320 g/mol. The van der Waals surface area contributed by atoms with Crippen molar-refractivity contribution in [1.29, 1.82) is 0 Å². The molecular formula is C16H18BrNO. The smallest absolute Gasteiger partial charge is 0.124 e. The van der Waals surface area contributed by atoms with Crippen molar-refractivity contribution >= 4 is 26.7 Å². The van der Waals surface area contributed by atoms with Crippen LogP contribution in [0.25, 0.3) is 10.8 Å². The van der Waals surface area contributed by atoms with E-state index in [0.29, 0.717) is 0 Å². The molecule has 3 rings (SSSR count). The van der Waals surface area contributed by atoms with Gasteiger partial charge < -0.3 is 10.5 Å². The lowest BCUT2D eigenvalue weighted by Gasteiger charge is -2.26. The van der Waals surface area contributed by atoms with Crippen LogP contribution in [0.3, 0.4) is 0 Å². The molecule has 1 aliphatic carbocycles. The zero-order valence-corrected chi connectivity index (χ0v) is 12.7. The van der Waals surface area contributed by atoms with E-state index in [1.54, 1.807) is 7.11 Å². The summed E-state index contributed by atoms with van der Waals surface area (Å²) < 4.78 is 6.66. The molecule has 0 bridgehead atoms. The molecule has 0 aromatic heterocycles. The van der Waals surface area contributed by atoms with Crippen LogP contribution in [-0.4, -0.2) is 7.11 Å². The molecule has 100 valence electrons. The van der Waals surface area contributed by atoms with E-state index in [0.717, 1.165) is 28.6 Å². The summed E-state index contributed by atoms with van der Waals surface area (Å²) in [4.78, 5) is 0. The zero-order valence-electron chi connectivity index (χ0n) is 11.1. The highest BCUT2D eigenvalue weighted by Crippen LogP contribution is 2.42. The third kappa shape index (κ3) is 2.26. The number of rotatable bonds is 2. The first-order chi connectivity index (χ1) is 9.12. The highest BCUT2D eigenvalue weighted by atomic mass is 79.9. The third-order valence-corrected chi connectivity index (χ3v) is 4.65. The van der Waals surface area contributed by atoms with Crippen LogP contribution in [0.5, 0.6) is 5.75 Å². The molecule has 19 heavy (non-hydrogen) atoms. The third-order valence-electron chi connectivity index (χ3n) is 4.15. The Kier molecular flexibility index (Phi) is 3.27. The van der Waals surface area contributed by atoms with Crippen molar-refractivity contribution in [2.45, 2.75) is 31.2 Å². The van der Waals surface area contributed by atoms with E-state index in [1.807, 2.05) is 0 Å². The number of ether oxygens (including phenoxy) is 1. The first kappa shape index (κ1) is 12.9. The average Bonchev–Trinajstić information content (AvgIpc) is 2.85. The SMILES string of the molecule is COc1cc2ccc(Br)cc2cc1C1(N)CCCC1. The van der Waals surface area contributed by atoms with Gasteiger partial charge >= 0.3 is 0 Å². The fraction of sp³-hybridized carbons (Fsp3) is 0.375. The fourth-order valence-corrected chi connectivity index (χ4v) is 3.46. The van der Waals surface area contributed by atoms with Crippen molar-refractivity contribution < 1.29 is 4.74 Å². The molecule has 0 spiro atoms. The minimum Gasteiger partial charge on any atom is -0.496 e. The predicted octanol–water partition coefficient (Wildman–Crippen LogP) is 4.34. The molecule has 1 saturated carbocycles. The lowest BCUT2D eigenvalue weighted by atomic mass is 9.87. The van der Waals surface area contributed by atoms with Crippen molar-refractivity contribution in [3.05, 3.63) is 40.4 Å². The molecule has 1 aliphatic rings. The zero-order chi connectivity index (χ0) is 13.5. The van der Waals surface area contributed by atoms with Crippen molar-refractivity contribution in [3.63, 3.8) is 0 Å². The molecule has 0 saturated heterocycles. The summed E-state index contributed by atoms with van der Waals surface area (Å²) in [5.74, 6) is 0.916. The van der Waals surface area contributed by atoms with Gasteiger partial charge in [0.05, 0.1) is 7.11 Å². The normalized spacial score (nSPS) is 17.8. The molecule has 2 aromatic carbocycles. The molecule has 0 aliphatic heterocycles. The maximum atomic E-state index is 6.59. The van der Waals surface area contributed by atoms with Crippen molar-refractivity contribution in [2.75, 3.05) is 7.11 Å². The van der Waals surface area contributed by atoms with Crippen LogP contribution >= 0.6 is 15.9 Å². The van der Waals surface area contributed by atoms with Gasteiger partial charge in [-0.05, 0) is 47.9 Å². The number of fused-ring (bicyclic) bond motifs is 1. The Balaban J connectivity index is 2.21. The summed E-state index contributed by atoms with van der Waals surface area (Å²) >= 11 is 3.53. The van der Waals surface area contributed by atoms with Crippen molar-refractivity contribution in [2.24, 2.45) is 5.73 Å². The Morgan fingerprint density at radius 1 is 1.11 bits per heavy atom. The van der Waals surface area contributed by atoms with E-state index in [9.17, 15) is 0 Å². The van der Waals surface area contributed by atoms with Gasteiger partial charge in [0.15, 0.2) is 0 Å². The van der Waals surface area contributed by atoms with Gasteiger partial charge in [-0.15, -0.1) is 0 Å². The van der Waals surface area contributed by atoms with E-state index in [4.69, 9.17) is 10.5 Å². The second-order valence-electron chi connectivity index (χ2n) is 5.41. The monoisotopic (exact) mass is 319 g/mol. The lowest BCUT2D eigenvalue weighted by Crippen LogP contribution is -2.33. The van der Waals surface area contributed by atoms with Gasteiger partial charge in [0.25, 0.3) is 0 Å². The van der Waals surface area contributed by atoms with Gasteiger partial charge in [-0.1, -0.05) is 34.8 Å². The summed E-state index contributed by atoms with van der Waals surface area (Å²) in [6.45, 7) is 0. The summed E-state index contributed by atoms with van der Waals surface area (Å²) in [7, 11) is 1.72. The van der Waals surface area contributed by atoms with Crippen LogP contribution in [0.4, 0.5) is 0 Å². The number of benzene rings is 2. The van der Waals surface area contributed by atoms with E-state index in [2.05, 4.69) is 46.3 Å². The van der Waals surface area contributed by atoms with Gasteiger partial charge in [-0.2, -0.15) is 0 Å². The van der Waals surface area contributed by atoms with Crippen LogP contribution in [0.2, 0.25) is 0 Å². The highest BCUT2D eigenvalue weighted by molar-refractivity contribution is 9.10. The van der Waals surface area contributed by atoms with Gasteiger partial charge in [-0.25, -0.2) is 0 Å². The number of hydrogen-bond donors (Lipinski definition) is 1. The van der Waals surface area contributed by atoms with Crippen LogP contribution in [-0.2, 0) is 5.54 Å². The summed E-state index contributed by atoms with van der Waals surface area (Å²) in [6.07, 6.45) is 4.50. The summed E-state index contributed by atoms with van der Waals surface area (Å²) in [5, 5.41) is 2.40. The maximum absolute atomic E-state index is 6.59. The Morgan fingerprint density at radius 3 is 2.53 bits per heavy atom. The second-order valence-corrected chi connectivity index (χ2v) is 6.32. The Hall–Kier alpha value is -1.06. The van der Waals surface area contributed by atoms with Gasteiger partial charge in [0, 0.05) is 15.6 Å². The lowest BCUT2D eigenvalue weighted by molar-refractivity contribution is 0.380. The number of nitrogens with two attached hydrogens (primary N) is 1. The molecule has 2 aromatic rings. The van der Waals surface area contributed by atoms with Crippen molar-refractivity contribution in [3.8, 4) is 5.75 Å². The molecule has 3 heteroatoms. The molecule has 2 nitrogen and oxygen atoms in total. The molecule has 0 atom stereocenters. The van der Waals surface area contributed by atoms with Crippen LogP contribution < -0.4 is 10.5 Å². The summed E-state index contributed by atoms with van der Waals surface area (Å²) in [5.41, 5.74) is 7.52. The van der Waals surface area contributed by atoms with E-state index in [-0.39, 0.29) is 5.54 Å². The molecule has 0 heterocycles. The topological polar surface area (TPSA) is 35.2 Å². The number of halogens is 1. The molecular weight excluding hydrogens is 302 g/mol. The molecule has 2 N–H and O–H groups in total. The highest BCUT2D eigenvalue weighted by Gasteiger charge is 2.33. The van der Waals surface area contributed by atoms with Gasteiger partial charge in [0.2, 0.25) is 0 Å².